The molecule has 4 heteroatoms. The topological polar surface area (TPSA) is 55.1 Å². The molecule has 0 saturated heterocycles. The van der Waals surface area contributed by atoms with Crippen LogP contribution in [0.4, 0.5) is 0 Å². The number of carbonyl (C=O) groups is 1. The Morgan fingerprint density at radius 1 is 1.35 bits per heavy atom. The first-order chi connectivity index (χ1) is 9.58. The molecule has 1 N–H and O–H groups in total. The SMILES string of the molecule is CC(C)c1cc(C(=O)O)n(C/C=C/c2ccccc2)n1. The van der Waals surface area contributed by atoms with Gasteiger partial charge in [-0.1, -0.05) is 56.3 Å². The molecule has 0 spiro atoms. The highest BCUT2D eigenvalue weighted by Crippen LogP contribution is 2.15. The van der Waals surface area contributed by atoms with Crippen LogP contribution in [0.15, 0.2) is 42.5 Å². The summed E-state index contributed by atoms with van der Waals surface area (Å²) < 4.78 is 1.52. The number of rotatable bonds is 5. The maximum Gasteiger partial charge on any atom is 0.354 e. The van der Waals surface area contributed by atoms with E-state index in [1.165, 1.54) is 4.68 Å². The zero-order valence-electron chi connectivity index (χ0n) is 11.7. The normalized spacial score (nSPS) is 11.3. The molecule has 0 amide bonds. The minimum atomic E-state index is -0.947. The van der Waals surface area contributed by atoms with Crippen LogP contribution in [0.25, 0.3) is 6.08 Å². The Morgan fingerprint density at radius 2 is 2.05 bits per heavy atom. The van der Waals surface area contributed by atoms with Gasteiger partial charge in [-0.25, -0.2) is 4.79 Å². The van der Waals surface area contributed by atoms with Gasteiger partial charge in [-0.3, -0.25) is 4.68 Å². The van der Waals surface area contributed by atoms with Crippen molar-refractivity contribution in [2.24, 2.45) is 0 Å². The quantitative estimate of drug-likeness (QED) is 0.905. The van der Waals surface area contributed by atoms with E-state index in [-0.39, 0.29) is 11.6 Å². The van der Waals surface area contributed by atoms with Gasteiger partial charge in [0.15, 0.2) is 0 Å². The molecule has 20 heavy (non-hydrogen) atoms. The first-order valence-corrected chi connectivity index (χ1v) is 6.60. The van der Waals surface area contributed by atoms with Gasteiger partial charge >= 0.3 is 5.97 Å². The molecule has 0 radical (unpaired) electrons. The van der Waals surface area contributed by atoms with Crippen molar-refractivity contribution in [1.82, 2.24) is 9.78 Å². The van der Waals surface area contributed by atoms with Crippen molar-refractivity contribution in [3.05, 3.63) is 59.4 Å². The summed E-state index contributed by atoms with van der Waals surface area (Å²) in [6, 6.07) is 11.5. The Hall–Kier alpha value is -2.36. The van der Waals surface area contributed by atoms with Crippen LogP contribution in [0.5, 0.6) is 0 Å². The van der Waals surface area contributed by atoms with E-state index in [4.69, 9.17) is 0 Å². The minimum Gasteiger partial charge on any atom is -0.477 e. The van der Waals surface area contributed by atoms with Crippen LogP contribution in [0, 0.1) is 0 Å². The second kappa shape index (κ2) is 6.19. The monoisotopic (exact) mass is 270 g/mol. The number of aromatic nitrogens is 2. The predicted octanol–water partition coefficient (Wildman–Crippen LogP) is 3.42. The lowest BCUT2D eigenvalue weighted by Gasteiger charge is -2.00. The fraction of sp³-hybridized carbons (Fsp3) is 0.250. The Morgan fingerprint density at radius 3 is 2.65 bits per heavy atom. The fourth-order valence-electron chi connectivity index (χ4n) is 1.88. The summed E-state index contributed by atoms with van der Waals surface area (Å²) in [7, 11) is 0. The number of aromatic carboxylic acids is 1. The van der Waals surface area contributed by atoms with Gasteiger partial charge in [0.25, 0.3) is 0 Å². The fourth-order valence-corrected chi connectivity index (χ4v) is 1.88. The Labute approximate surface area is 118 Å². The van der Waals surface area contributed by atoms with Gasteiger partial charge in [0, 0.05) is 0 Å². The zero-order chi connectivity index (χ0) is 14.5. The van der Waals surface area contributed by atoms with Crippen molar-refractivity contribution in [2.45, 2.75) is 26.3 Å². The maximum atomic E-state index is 11.2. The van der Waals surface area contributed by atoms with Gasteiger partial charge < -0.3 is 5.11 Å². The molecular formula is C16H18N2O2. The van der Waals surface area contributed by atoms with E-state index in [2.05, 4.69) is 5.10 Å². The summed E-state index contributed by atoms with van der Waals surface area (Å²) in [4.78, 5) is 11.2. The molecule has 0 saturated carbocycles. The Balaban J connectivity index is 2.16. The first kappa shape index (κ1) is 14.1. The van der Waals surface area contributed by atoms with E-state index >= 15 is 0 Å². The molecule has 4 nitrogen and oxygen atoms in total. The van der Waals surface area contributed by atoms with Crippen LogP contribution in [-0.2, 0) is 6.54 Å². The van der Waals surface area contributed by atoms with Gasteiger partial charge in [-0.2, -0.15) is 5.10 Å². The number of benzene rings is 1. The number of allylic oxidation sites excluding steroid dienone is 1. The molecule has 1 aromatic carbocycles. The second-order valence-electron chi connectivity index (χ2n) is 4.91. The molecular weight excluding hydrogens is 252 g/mol. The number of hydrogen-bond donors (Lipinski definition) is 1. The van der Waals surface area contributed by atoms with E-state index in [0.717, 1.165) is 11.3 Å². The first-order valence-electron chi connectivity index (χ1n) is 6.60. The highest BCUT2D eigenvalue weighted by molar-refractivity contribution is 5.85. The lowest BCUT2D eigenvalue weighted by molar-refractivity contribution is 0.0684. The summed E-state index contributed by atoms with van der Waals surface area (Å²) in [6.07, 6.45) is 3.88. The molecule has 0 aliphatic carbocycles. The van der Waals surface area contributed by atoms with Crippen LogP contribution in [0.3, 0.4) is 0 Å². The van der Waals surface area contributed by atoms with Crippen LogP contribution in [-0.4, -0.2) is 20.9 Å². The number of nitrogens with zero attached hydrogens (tertiary/aromatic N) is 2. The smallest absolute Gasteiger partial charge is 0.354 e. The molecule has 0 atom stereocenters. The van der Waals surface area contributed by atoms with Crippen molar-refractivity contribution < 1.29 is 9.90 Å². The summed E-state index contributed by atoms with van der Waals surface area (Å²) >= 11 is 0. The molecule has 2 rings (SSSR count). The summed E-state index contributed by atoms with van der Waals surface area (Å²) in [6.45, 7) is 4.44. The number of hydrogen-bond acceptors (Lipinski definition) is 2. The summed E-state index contributed by atoms with van der Waals surface area (Å²) in [5, 5.41) is 13.5. The third kappa shape index (κ3) is 3.35. The molecule has 0 fully saturated rings. The molecule has 2 aromatic rings. The van der Waals surface area contributed by atoms with E-state index in [1.54, 1.807) is 6.07 Å². The van der Waals surface area contributed by atoms with Gasteiger partial charge in [-0.15, -0.1) is 0 Å². The lowest BCUT2D eigenvalue weighted by atomic mass is 10.1. The van der Waals surface area contributed by atoms with Gasteiger partial charge in [0.2, 0.25) is 0 Å². The minimum absolute atomic E-state index is 0.215. The third-order valence-corrected chi connectivity index (χ3v) is 3.00. The molecule has 104 valence electrons. The van der Waals surface area contributed by atoms with E-state index in [9.17, 15) is 9.90 Å². The van der Waals surface area contributed by atoms with Crippen molar-refractivity contribution in [1.29, 1.82) is 0 Å². The second-order valence-corrected chi connectivity index (χ2v) is 4.91. The largest absolute Gasteiger partial charge is 0.477 e. The highest BCUT2D eigenvalue weighted by Gasteiger charge is 2.14. The Kier molecular flexibility index (Phi) is 4.35. The molecule has 0 aliphatic rings. The average molecular weight is 270 g/mol. The highest BCUT2D eigenvalue weighted by atomic mass is 16.4. The average Bonchev–Trinajstić information content (AvgIpc) is 2.84. The lowest BCUT2D eigenvalue weighted by Crippen LogP contribution is -2.08. The van der Waals surface area contributed by atoms with Gasteiger partial charge in [0.05, 0.1) is 12.2 Å². The van der Waals surface area contributed by atoms with E-state index < -0.39 is 5.97 Å². The van der Waals surface area contributed by atoms with Crippen LogP contribution >= 0.6 is 0 Å². The predicted molar refractivity (Wildman–Crippen MR) is 78.8 cm³/mol. The molecule has 1 heterocycles. The number of carboxylic acid groups (broad SMARTS) is 1. The molecule has 0 aliphatic heterocycles. The van der Waals surface area contributed by atoms with Crippen molar-refractivity contribution in [3.8, 4) is 0 Å². The standard InChI is InChI=1S/C16H18N2O2/c1-12(2)14-11-15(16(19)20)18(17-14)10-6-9-13-7-4-3-5-8-13/h3-9,11-12H,10H2,1-2H3,(H,19,20)/b9-6+. The van der Waals surface area contributed by atoms with Crippen LogP contribution < -0.4 is 0 Å². The van der Waals surface area contributed by atoms with Crippen molar-refractivity contribution in [3.63, 3.8) is 0 Å². The summed E-state index contributed by atoms with van der Waals surface area (Å²) in [5.41, 5.74) is 2.11. The van der Waals surface area contributed by atoms with Crippen molar-refractivity contribution in [2.75, 3.05) is 0 Å². The van der Waals surface area contributed by atoms with Gasteiger partial charge in [-0.05, 0) is 17.5 Å². The van der Waals surface area contributed by atoms with Crippen LogP contribution in [0.1, 0.15) is 41.5 Å². The number of carboxylic acids is 1. The molecule has 0 bridgehead atoms. The van der Waals surface area contributed by atoms with E-state index in [0.29, 0.717) is 6.54 Å². The molecule has 1 aromatic heterocycles. The molecule has 0 unspecified atom stereocenters. The van der Waals surface area contributed by atoms with Crippen LogP contribution in [0.2, 0.25) is 0 Å². The Bertz CT molecular complexity index is 613. The maximum absolute atomic E-state index is 11.2. The van der Waals surface area contributed by atoms with E-state index in [1.807, 2.05) is 56.3 Å². The van der Waals surface area contributed by atoms with Gasteiger partial charge in [0.1, 0.15) is 5.69 Å². The van der Waals surface area contributed by atoms with Crippen molar-refractivity contribution >= 4 is 12.0 Å². The summed E-state index contributed by atoms with van der Waals surface area (Å²) in [5.74, 6) is -0.732. The zero-order valence-corrected chi connectivity index (χ0v) is 11.7. The third-order valence-electron chi connectivity index (χ3n) is 3.00.